The van der Waals surface area contributed by atoms with E-state index in [1.54, 1.807) is 0 Å². The molecule has 0 saturated heterocycles. The van der Waals surface area contributed by atoms with Crippen LogP contribution in [-0.4, -0.2) is 24.2 Å². The summed E-state index contributed by atoms with van der Waals surface area (Å²) in [5.41, 5.74) is 5.38. The average molecular weight is 456 g/mol. The number of pyridine rings is 1. The fraction of sp³-hybridized carbons (Fsp3) is 0.143. The summed E-state index contributed by atoms with van der Waals surface area (Å²) in [6, 6.07) is 24.9. The van der Waals surface area contributed by atoms with Gasteiger partial charge in [0.05, 0.1) is 16.8 Å². The molecule has 4 aromatic rings. The summed E-state index contributed by atoms with van der Waals surface area (Å²) in [6.07, 6.45) is 3.68. The zero-order chi connectivity index (χ0) is 22.6. The Morgan fingerprint density at radius 1 is 0.909 bits per heavy atom. The highest BCUT2D eigenvalue weighted by Crippen LogP contribution is 2.37. The number of allylic oxidation sites excluding steroid dienone is 1. The third kappa shape index (κ3) is 4.62. The van der Waals surface area contributed by atoms with Crippen LogP contribution in [0.2, 0.25) is 5.02 Å². The molecule has 5 rings (SSSR count). The minimum absolute atomic E-state index is 0.173. The molecule has 0 bridgehead atoms. The fourth-order valence-electron chi connectivity index (χ4n) is 4.16. The van der Waals surface area contributed by atoms with E-state index in [1.807, 2.05) is 78.9 Å². The van der Waals surface area contributed by atoms with Gasteiger partial charge in [-0.05, 0) is 65.9 Å². The molecule has 4 nitrogen and oxygen atoms in total. The molecule has 1 aliphatic rings. The number of rotatable bonds is 6. The number of aromatic nitrogens is 1. The minimum atomic E-state index is -0.339. The van der Waals surface area contributed by atoms with Crippen molar-refractivity contribution in [3.05, 3.63) is 106 Å². The maximum absolute atomic E-state index is 13.2. The number of hydrogen-bond donors (Lipinski definition) is 0. The molecule has 0 aliphatic heterocycles. The van der Waals surface area contributed by atoms with E-state index in [0.29, 0.717) is 17.2 Å². The van der Waals surface area contributed by atoms with Crippen LogP contribution in [-0.2, 0) is 11.2 Å². The minimum Gasteiger partial charge on any atom is -0.490 e. The van der Waals surface area contributed by atoms with Gasteiger partial charge in [-0.1, -0.05) is 60.1 Å². The van der Waals surface area contributed by atoms with E-state index in [2.05, 4.69) is 6.08 Å². The Morgan fingerprint density at radius 2 is 1.67 bits per heavy atom. The maximum atomic E-state index is 13.2. The highest BCUT2D eigenvalue weighted by Gasteiger charge is 2.27. The maximum Gasteiger partial charge on any atom is 0.339 e. The first kappa shape index (κ1) is 21.2. The molecule has 164 valence electrons. The normalized spacial score (nSPS) is 13.8. The molecule has 0 radical (unpaired) electrons. The lowest BCUT2D eigenvalue weighted by Gasteiger charge is -2.13. The molecule has 1 aromatic heterocycles. The van der Waals surface area contributed by atoms with E-state index in [4.69, 9.17) is 26.1 Å². The molecule has 1 aliphatic carbocycles. The van der Waals surface area contributed by atoms with Crippen LogP contribution >= 0.6 is 11.6 Å². The third-order valence-electron chi connectivity index (χ3n) is 5.69. The van der Waals surface area contributed by atoms with Crippen LogP contribution in [0.5, 0.6) is 5.75 Å². The number of carbonyl (C=O) groups excluding carboxylic acids is 1. The lowest BCUT2D eigenvalue weighted by atomic mass is 10.0. The summed E-state index contributed by atoms with van der Waals surface area (Å²) < 4.78 is 11.3. The predicted molar refractivity (Wildman–Crippen MR) is 132 cm³/mol. The number of nitrogens with zero attached hydrogens (tertiary/aromatic N) is 1. The topological polar surface area (TPSA) is 48.4 Å². The first-order chi connectivity index (χ1) is 16.2. The van der Waals surface area contributed by atoms with Gasteiger partial charge in [0.2, 0.25) is 0 Å². The molecule has 0 saturated carbocycles. The molecule has 0 unspecified atom stereocenters. The van der Waals surface area contributed by atoms with Crippen molar-refractivity contribution in [3.8, 4) is 5.75 Å². The molecular formula is C28H22ClNO3. The van der Waals surface area contributed by atoms with Crippen LogP contribution in [0.1, 0.15) is 33.6 Å². The van der Waals surface area contributed by atoms with E-state index in [-0.39, 0.29) is 12.6 Å². The molecule has 0 spiro atoms. The number of carbonyl (C=O) groups is 1. The van der Waals surface area contributed by atoms with Gasteiger partial charge in [0.1, 0.15) is 19.0 Å². The van der Waals surface area contributed by atoms with Crippen LogP contribution in [0, 0.1) is 0 Å². The predicted octanol–water partition coefficient (Wildman–Crippen LogP) is 6.61. The number of benzene rings is 3. The lowest BCUT2D eigenvalue weighted by Crippen LogP contribution is -2.15. The Kier molecular flexibility index (Phi) is 6.09. The second-order valence-corrected chi connectivity index (χ2v) is 8.29. The van der Waals surface area contributed by atoms with Crippen molar-refractivity contribution < 1.29 is 14.3 Å². The Balaban J connectivity index is 1.42. The number of esters is 1. The molecule has 0 fully saturated rings. The van der Waals surface area contributed by atoms with E-state index < -0.39 is 0 Å². The number of halogens is 1. The summed E-state index contributed by atoms with van der Waals surface area (Å²) in [5.74, 6) is 0.412. The van der Waals surface area contributed by atoms with Gasteiger partial charge < -0.3 is 9.47 Å². The van der Waals surface area contributed by atoms with Crippen molar-refractivity contribution in [2.24, 2.45) is 0 Å². The van der Waals surface area contributed by atoms with Gasteiger partial charge in [-0.25, -0.2) is 9.78 Å². The van der Waals surface area contributed by atoms with Gasteiger partial charge in [0.15, 0.2) is 0 Å². The van der Waals surface area contributed by atoms with Crippen LogP contribution in [0.15, 0.2) is 78.9 Å². The van der Waals surface area contributed by atoms with E-state index in [0.717, 1.165) is 51.9 Å². The van der Waals surface area contributed by atoms with Crippen LogP contribution in [0.3, 0.4) is 0 Å². The van der Waals surface area contributed by atoms with Gasteiger partial charge in [0, 0.05) is 10.4 Å². The van der Waals surface area contributed by atoms with Gasteiger partial charge in [-0.3, -0.25) is 0 Å². The number of hydrogen-bond acceptors (Lipinski definition) is 4. The standard InChI is InChI=1S/C28H22ClNO3/c29-21-13-10-19(11-14-21)18-20-12-15-24-26(23-8-4-5-9-25(23)30-27(20)24)28(31)33-17-16-32-22-6-2-1-3-7-22/h1-11,13-14,18H,12,15-17H2. The summed E-state index contributed by atoms with van der Waals surface area (Å²) >= 11 is 6.02. The number of ether oxygens (including phenoxy) is 2. The van der Waals surface area contributed by atoms with Crippen LogP contribution < -0.4 is 4.74 Å². The van der Waals surface area contributed by atoms with Crippen molar-refractivity contribution in [1.82, 2.24) is 4.98 Å². The molecule has 33 heavy (non-hydrogen) atoms. The second kappa shape index (κ2) is 9.47. The highest BCUT2D eigenvalue weighted by atomic mass is 35.5. The summed E-state index contributed by atoms with van der Waals surface area (Å²) in [5, 5.41) is 1.52. The zero-order valence-electron chi connectivity index (χ0n) is 18.0. The summed E-state index contributed by atoms with van der Waals surface area (Å²) in [6.45, 7) is 0.468. The highest BCUT2D eigenvalue weighted by molar-refractivity contribution is 6.30. The van der Waals surface area contributed by atoms with Crippen molar-refractivity contribution in [1.29, 1.82) is 0 Å². The molecule has 0 amide bonds. The van der Waals surface area contributed by atoms with Crippen molar-refractivity contribution in [2.45, 2.75) is 12.8 Å². The van der Waals surface area contributed by atoms with Crippen molar-refractivity contribution in [3.63, 3.8) is 0 Å². The summed E-state index contributed by atoms with van der Waals surface area (Å²) in [7, 11) is 0. The zero-order valence-corrected chi connectivity index (χ0v) is 18.7. The van der Waals surface area contributed by atoms with Gasteiger partial charge in [0.25, 0.3) is 0 Å². The molecule has 0 N–H and O–H groups in total. The monoisotopic (exact) mass is 455 g/mol. The first-order valence-corrected chi connectivity index (χ1v) is 11.3. The molecule has 1 heterocycles. The Morgan fingerprint density at radius 3 is 2.48 bits per heavy atom. The van der Waals surface area contributed by atoms with E-state index in [9.17, 15) is 4.79 Å². The van der Waals surface area contributed by atoms with E-state index >= 15 is 0 Å². The van der Waals surface area contributed by atoms with Gasteiger partial charge in [-0.2, -0.15) is 0 Å². The molecule has 0 atom stereocenters. The Bertz CT molecular complexity index is 1330. The van der Waals surface area contributed by atoms with E-state index in [1.165, 1.54) is 0 Å². The third-order valence-corrected chi connectivity index (χ3v) is 5.94. The molecule has 3 aromatic carbocycles. The number of fused-ring (bicyclic) bond motifs is 2. The largest absolute Gasteiger partial charge is 0.490 e. The molecular weight excluding hydrogens is 434 g/mol. The smallest absolute Gasteiger partial charge is 0.339 e. The SMILES string of the molecule is O=C(OCCOc1ccccc1)c1c2c(nc3ccccc13)C(=Cc1ccc(Cl)cc1)CC2. The van der Waals surface area contributed by atoms with Crippen molar-refractivity contribution in [2.75, 3.05) is 13.2 Å². The average Bonchev–Trinajstić information content (AvgIpc) is 3.24. The quantitative estimate of drug-likeness (QED) is 0.242. The Hall–Kier alpha value is -3.63. The first-order valence-electron chi connectivity index (χ1n) is 10.9. The van der Waals surface area contributed by atoms with Crippen molar-refractivity contribution >= 4 is 40.1 Å². The summed E-state index contributed by atoms with van der Waals surface area (Å²) in [4.78, 5) is 18.1. The Labute approximate surface area is 197 Å². The second-order valence-electron chi connectivity index (χ2n) is 7.85. The molecule has 5 heteroatoms. The van der Waals surface area contributed by atoms with Gasteiger partial charge in [-0.15, -0.1) is 0 Å². The van der Waals surface area contributed by atoms with Crippen LogP contribution in [0.25, 0.3) is 22.6 Å². The van der Waals surface area contributed by atoms with Crippen LogP contribution in [0.4, 0.5) is 0 Å². The lowest BCUT2D eigenvalue weighted by molar-refractivity contribution is 0.0451. The fourth-order valence-corrected chi connectivity index (χ4v) is 4.28. The van der Waals surface area contributed by atoms with Gasteiger partial charge >= 0.3 is 5.97 Å². The number of para-hydroxylation sites is 2.